The second-order valence-corrected chi connectivity index (χ2v) is 5.07. The van der Waals surface area contributed by atoms with E-state index in [4.69, 9.17) is 15.2 Å². The Morgan fingerprint density at radius 3 is 2.19 bits per heavy atom. The smallest absolute Gasteiger partial charge is 0.338 e. The summed E-state index contributed by atoms with van der Waals surface area (Å²) in [5.41, 5.74) is 6.48. The van der Waals surface area contributed by atoms with Gasteiger partial charge < -0.3 is 15.2 Å². The van der Waals surface area contributed by atoms with E-state index in [9.17, 15) is 9.59 Å². The second-order valence-electron chi connectivity index (χ2n) is 5.07. The number of rotatable bonds is 3. The highest BCUT2D eigenvalue weighted by atomic mass is 16.5. The summed E-state index contributed by atoms with van der Waals surface area (Å²) in [7, 11) is 0. The van der Waals surface area contributed by atoms with Gasteiger partial charge >= 0.3 is 11.9 Å². The first-order valence-electron chi connectivity index (χ1n) is 6.91. The third-order valence-electron chi connectivity index (χ3n) is 3.20. The minimum atomic E-state index is -0.409. The average molecular weight is 289 g/mol. The number of hydrogen-bond donors (Lipinski definition) is 1. The predicted molar refractivity (Wildman–Crippen MR) is 77.5 cm³/mol. The summed E-state index contributed by atoms with van der Waals surface area (Å²) < 4.78 is 10.6. The number of carbonyl (C=O) groups is 2. The largest absolute Gasteiger partial charge is 0.458 e. The van der Waals surface area contributed by atoms with Crippen molar-refractivity contribution in [2.45, 2.75) is 38.0 Å². The van der Waals surface area contributed by atoms with Gasteiger partial charge in [-0.15, -0.1) is 0 Å². The van der Waals surface area contributed by atoms with Gasteiger partial charge in [-0.05, 0) is 24.3 Å². The van der Waals surface area contributed by atoms with Crippen molar-refractivity contribution >= 4 is 11.9 Å². The van der Waals surface area contributed by atoms with E-state index in [0.29, 0.717) is 18.4 Å². The van der Waals surface area contributed by atoms with Crippen LogP contribution in [0.3, 0.4) is 0 Å². The van der Waals surface area contributed by atoms with Gasteiger partial charge in [-0.1, -0.05) is 18.2 Å². The van der Waals surface area contributed by atoms with Crippen LogP contribution in [0.4, 0.5) is 0 Å². The molecule has 0 saturated heterocycles. The molecule has 0 radical (unpaired) electrons. The summed E-state index contributed by atoms with van der Waals surface area (Å²) in [4.78, 5) is 23.0. The standard InChI is InChI=1S/C16H19NO4/c1-11(18)20-14-7-8-15(10-13(17)9-14)21-16(19)12-5-3-2-4-6-12/h2-8,13-15H,9-10,17H2,1H3/t13-,14-,15+/m1/s1. The van der Waals surface area contributed by atoms with E-state index in [1.807, 2.05) is 6.07 Å². The van der Waals surface area contributed by atoms with E-state index in [0.717, 1.165) is 0 Å². The summed E-state index contributed by atoms with van der Waals surface area (Å²) in [5, 5.41) is 0. The summed E-state index contributed by atoms with van der Waals surface area (Å²) in [6.45, 7) is 1.36. The number of ether oxygens (including phenoxy) is 2. The number of esters is 2. The molecule has 0 amide bonds. The van der Waals surface area contributed by atoms with Gasteiger partial charge in [0.1, 0.15) is 12.2 Å². The van der Waals surface area contributed by atoms with Gasteiger partial charge in [0, 0.05) is 25.8 Å². The normalized spacial score (nSPS) is 25.0. The van der Waals surface area contributed by atoms with Crippen LogP contribution in [0.1, 0.15) is 30.1 Å². The molecule has 1 aliphatic carbocycles. The topological polar surface area (TPSA) is 78.6 Å². The molecule has 2 N–H and O–H groups in total. The molecule has 3 atom stereocenters. The van der Waals surface area contributed by atoms with Crippen molar-refractivity contribution in [3.8, 4) is 0 Å². The van der Waals surface area contributed by atoms with E-state index >= 15 is 0 Å². The fraction of sp³-hybridized carbons (Fsp3) is 0.375. The molecule has 1 aromatic rings. The molecule has 0 bridgehead atoms. The summed E-state index contributed by atoms with van der Waals surface area (Å²) >= 11 is 0. The van der Waals surface area contributed by atoms with Crippen molar-refractivity contribution in [1.82, 2.24) is 0 Å². The van der Waals surface area contributed by atoms with Gasteiger partial charge in [0.05, 0.1) is 5.56 Å². The van der Waals surface area contributed by atoms with E-state index < -0.39 is 6.10 Å². The Morgan fingerprint density at radius 2 is 1.62 bits per heavy atom. The van der Waals surface area contributed by atoms with Gasteiger partial charge in [-0.25, -0.2) is 4.79 Å². The first-order valence-corrected chi connectivity index (χ1v) is 6.91. The van der Waals surface area contributed by atoms with Crippen LogP contribution in [0.15, 0.2) is 42.5 Å². The number of benzene rings is 1. The van der Waals surface area contributed by atoms with Gasteiger partial charge in [0.25, 0.3) is 0 Å². The molecule has 0 saturated carbocycles. The molecule has 5 nitrogen and oxygen atoms in total. The van der Waals surface area contributed by atoms with Crippen molar-refractivity contribution < 1.29 is 19.1 Å². The van der Waals surface area contributed by atoms with Crippen molar-refractivity contribution in [1.29, 1.82) is 0 Å². The van der Waals surface area contributed by atoms with Crippen molar-refractivity contribution in [3.63, 3.8) is 0 Å². The van der Waals surface area contributed by atoms with Gasteiger partial charge in [0.15, 0.2) is 0 Å². The zero-order valence-corrected chi connectivity index (χ0v) is 11.9. The van der Waals surface area contributed by atoms with Crippen molar-refractivity contribution in [2.24, 2.45) is 5.73 Å². The quantitative estimate of drug-likeness (QED) is 0.678. The Hall–Kier alpha value is -2.14. The molecule has 5 heteroatoms. The number of hydrogen-bond acceptors (Lipinski definition) is 5. The molecular formula is C16H19NO4. The molecular weight excluding hydrogens is 270 g/mol. The Bertz CT molecular complexity index is 526. The minimum absolute atomic E-state index is 0.196. The lowest BCUT2D eigenvalue weighted by atomic mass is 10.1. The third-order valence-corrected chi connectivity index (χ3v) is 3.20. The van der Waals surface area contributed by atoms with Crippen LogP contribution in [0.5, 0.6) is 0 Å². The Labute approximate surface area is 123 Å². The summed E-state index contributed by atoms with van der Waals surface area (Å²) in [6.07, 6.45) is 3.73. The number of carbonyl (C=O) groups excluding carboxylic acids is 2. The molecule has 0 unspecified atom stereocenters. The lowest BCUT2D eigenvalue weighted by Crippen LogP contribution is -2.30. The van der Waals surface area contributed by atoms with E-state index in [2.05, 4.69) is 0 Å². The van der Waals surface area contributed by atoms with Crippen molar-refractivity contribution in [3.05, 3.63) is 48.0 Å². The molecule has 0 heterocycles. The number of nitrogens with two attached hydrogens (primary N) is 1. The first-order chi connectivity index (χ1) is 10.0. The van der Waals surface area contributed by atoms with Crippen molar-refractivity contribution in [2.75, 3.05) is 0 Å². The molecule has 2 rings (SSSR count). The van der Waals surface area contributed by atoms with Crippen LogP contribution >= 0.6 is 0 Å². The fourth-order valence-corrected chi connectivity index (χ4v) is 2.27. The molecule has 0 aliphatic heterocycles. The van der Waals surface area contributed by atoms with E-state index in [1.54, 1.807) is 36.4 Å². The zero-order valence-electron chi connectivity index (χ0n) is 11.9. The molecule has 1 aromatic carbocycles. The molecule has 0 spiro atoms. The van der Waals surface area contributed by atoms with Crippen LogP contribution in [-0.4, -0.2) is 30.2 Å². The Balaban J connectivity index is 2.00. The molecule has 0 fully saturated rings. The minimum Gasteiger partial charge on any atom is -0.458 e. The highest BCUT2D eigenvalue weighted by molar-refractivity contribution is 5.89. The van der Waals surface area contributed by atoms with Gasteiger partial charge in [0.2, 0.25) is 0 Å². The van der Waals surface area contributed by atoms with Crippen LogP contribution in [0, 0.1) is 0 Å². The maximum atomic E-state index is 12.0. The molecule has 0 aromatic heterocycles. The maximum absolute atomic E-state index is 12.0. The van der Waals surface area contributed by atoms with Crippen LogP contribution in [0.25, 0.3) is 0 Å². The highest BCUT2D eigenvalue weighted by Crippen LogP contribution is 2.17. The highest BCUT2D eigenvalue weighted by Gasteiger charge is 2.23. The maximum Gasteiger partial charge on any atom is 0.338 e. The SMILES string of the molecule is CC(=O)O[C@@H]1C=C[C@H](OC(=O)c2ccccc2)C[C@H](N)C1. The summed E-state index contributed by atoms with van der Waals surface area (Å²) in [5.74, 6) is -0.736. The fourth-order valence-electron chi connectivity index (χ4n) is 2.27. The Kier molecular flexibility index (Phi) is 5.11. The van der Waals surface area contributed by atoms with E-state index in [1.165, 1.54) is 6.92 Å². The average Bonchev–Trinajstić information content (AvgIpc) is 2.60. The zero-order chi connectivity index (χ0) is 15.2. The second kappa shape index (κ2) is 7.04. The lowest BCUT2D eigenvalue weighted by molar-refractivity contribution is -0.144. The van der Waals surface area contributed by atoms with Crippen LogP contribution < -0.4 is 5.73 Å². The van der Waals surface area contributed by atoms with Crippen LogP contribution in [-0.2, 0) is 14.3 Å². The molecule has 112 valence electrons. The lowest BCUT2D eigenvalue weighted by Gasteiger charge is -2.17. The summed E-state index contributed by atoms with van der Waals surface area (Å²) in [6, 6.07) is 8.60. The monoisotopic (exact) mass is 289 g/mol. The Morgan fingerprint density at radius 1 is 1.05 bits per heavy atom. The molecule has 1 aliphatic rings. The third kappa shape index (κ3) is 4.72. The van der Waals surface area contributed by atoms with Gasteiger partial charge in [-0.2, -0.15) is 0 Å². The first kappa shape index (κ1) is 15.3. The molecule has 21 heavy (non-hydrogen) atoms. The van der Waals surface area contributed by atoms with Crippen LogP contribution in [0.2, 0.25) is 0 Å². The van der Waals surface area contributed by atoms with E-state index in [-0.39, 0.29) is 24.1 Å². The predicted octanol–water partition coefficient (Wildman–Crippen LogP) is 1.82. The van der Waals surface area contributed by atoms with Gasteiger partial charge in [-0.3, -0.25) is 4.79 Å².